The fraction of sp³-hybridized carbons (Fsp3) is 0.476. The topological polar surface area (TPSA) is 90.1 Å². The Hall–Kier alpha value is -2.38. The normalized spacial score (nSPS) is 18.9. The number of benzene rings is 1. The molecule has 2 aromatic rings. The third-order valence-electron chi connectivity index (χ3n) is 5.96. The number of aromatic amines is 1. The van der Waals surface area contributed by atoms with E-state index in [0.717, 1.165) is 37.1 Å². The molecule has 2 amide bonds. The lowest BCUT2D eigenvalue weighted by molar-refractivity contribution is -0.137. The van der Waals surface area contributed by atoms with E-state index in [4.69, 9.17) is 11.6 Å². The maximum Gasteiger partial charge on any atom is 0.244 e. The van der Waals surface area contributed by atoms with Crippen LogP contribution in [0.25, 0.3) is 0 Å². The van der Waals surface area contributed by atoms with Crippen LogP contribution in [0.5, 0.6) is 0 Å². The van der Waals surface area contributed by atoms with Crippen molar-refractivity contribution in [1.82, 2.24) is 25.5 Å². The number of hydrogen-bond donors (Lipinski definition) is 3. The second kappa shape index (κ2) is 8.16. The minimum atomic E-state index is -0.552. The van der Waals surface area contributed by atoms with Crippen molar-refractivity contribution < 1.29 is 9.59 Å². The number of hydrogen-bond acceptors (Lipinski definition) is 4. The summed E-state index contributed by atoms with van der Waals surface area (Å²) in [5.41, 5.74) is 3.02. The molecule has 1 fully saturated rings. The smallest absolute Gasteiger partial charge is 0.244 e. The molecule has 0 aliphatic carbocycles. The van der Waals surface area contributed by atoms with E-state index >= 15 is 0 Å². The van der Waals surface area contributed by atoms with Crippen LogP contribution in [0, 0.1) is 0 Å². The predicted octanol–water partition coefficient (Wildman–Crippen LogP) is 1.77. The molecular weight excluding hydrogens is 390 g/mol. The maximum atomic E-state index is 12.8. The zero-order valence-electron chi connectivity index (χ0n) is 16.5. The molecule has 1 atom stereocenters. The summed E-state index contributed by atoms with van der Waals surface area (Å²) in [6, 6.07) is 6.60. The second-order valence-electron chi connectivity index (χ2n) is 7.91. The molecule has 8 heteroatoms. The first-order chi connectivity index (χ1) is 14.0. The minimum Gasteiger partial charge on any atom is -0.348 e. The summed E-state index contributed by atoms with van der Waals surface area (Å²) >= 11 is 5.87. The lowest BCUT2D eigenvalue weighted by Gasteiger charge is -2.44. The average molecular weight is 416 g/mol. The van der Waals surface area contributed by atoms with Crippen molar-refractivity contribution in [3.63, 3.8) is 0 Å². The van der Waals surface area contributed by atoms with Crippen molar-refractivity contribution in [2.24, 2.45) is 0 Å². The first-order valence-corrected chi connectivity index (χ1v) is 10.4. The van der Waals surface area contributed by atoms with Crippen LogP contribution in [-0.2, 0) is 28.0 Å². The molecule has 154 valence electrons. The van der Waals surface area contributed by atoms with E-state index in [1.165, 1.54) is 5.69 Å². The largest absolute Gasteiger partial charge is 0.348 e. The molecule has 2 aliphatic rings. The van der Waals surface area contributed by atoms with Gasteiger partial charge in [0.1, 0.15) is 6.04 Å². The van der Waals surface area contributed by atoms with Gasteiger partial charge in [0.2, 0.25) is 11.8 Å². The third-order valence-corrected chi connectivity index (χ3v) is 6.22. The molecule has 1 aromatic carbocycles. The number of carbonyl (C=O) groups is 2. The van der Waals surface area contributed by atoms with Gasteiger partial charge in [0.15, 0.2) is 0 Å². The molecule has 0 bridgehead atoms. The van der Waals surface area contributed by atoms with E-state index in [2.05, 4.69) is 20.6 Å². The molecule has 7 nitrogen and oxygen atoms in total. The van der Waals surface area contributed by atoms with Crippen LogP contribution in [0.1, 0.15) is 36.7 Å². The fourth-order valence-electron chi connectivity index (χ4n) is 4.37. The first-order valence-electron chi connectivity index (χ1n) is 10.1. The van der Waals surface area contributed by atoms with Crippen LogP contribution in [0.2, 0.25) is 5.02 Å². The summed E-state index contributed by atoms with van der Waals surface area (Å²) in [6.07, 6.45) is 4.58. The van der Waals surface area contributed by atoms with Gasteiger partial charge in [0.25, 0.3) is 0 Å². The Morgan fingerprint density at radius 2 is 2.00 bits per heavy atom. The van der Waals surface area contributed by atoms with Crippen LogP contribution in [-0.4, -0.2) is 52.4 Å². The number of halogens is 1. The van der Waals surface area contributed by atoms with Gasteiger partial charge in [0.05, 0.1) is 24.0 Å². The number of fused-ring (bicyclic) bond motifs is 2. The molecule has 3 heterocycles. The molecule has 0 saturated carbocycles. The Kier molecular flexibility index (Phi) is 5.61. The number of rotatable bonds is 4. The van der Waals surface area contributed by atoms with Crippen molar-refractivity contribution in [2.45, 2.75) is 44.2 Å². The predicted molar refractivity (Wildman–Crippen MR) is 111 cm³/mol. The summed E-state index contributed by atoms with van der Waals surface area (Å²) in [5, 5.41) is 7.09. The highest BCUT2D eigenvalue weighted by Gasteiger charge is 2.42. The van der Waals surface area contributed by atoms with Crippen molar-refractivity contribution in [3.05, 3.63) is 52.6 Å². The van der Waals surface area contributed by atoms with Gasteiger partial charge in [-0.3, -0.25) is 9.59 Å². The molecular formula is C21H26ClN5O2. The zero-order valence-corrected chi connectivity index (χ0v) is 17.3. The first kappa shape index (κ1) is 19.9. The number of likely N-dealkylation sites (tertiary alicyclic amines) is 1. The van der Waals surface area contributed by atoms with Crippen LogP contribution < -0.4 is 10.6 Å². The van der Waals surface area contributed by atoms with Gasteiger partial charge < -0.3 is 20.5 Å². The van der Waals surface area contributed by atoms with Gasteiger partial charge in [-0.15, -0.1) is 0 Å². The van der Waals surface area contributed by atoms with E-state index in [9.17, 15) is 9.59 Å². The Labute approximate surface area is 175 Å². The zero-order chi connectivity index (χ0) is 20.4. The van der Waals surface area contributed by atoms with E-state index in [0.29, 0.717) is 18.1 Å². The quantitative estimate of drug-likeness (QED) is 0.710. The van der Waals surface area contributed by atoms with Crippen molar-refractivity contribution in [3.8, 4) is 0 Å². The average Bonchev–Trinajstić information content (AvgIpc) is 3.20. The second-order valence-corrected chi connectivity index (χ2v) is 8.34. The maximum absolute atomic E-state index is 12.8. The molecule has 29 heavy (non-hydrogen) atoms. The number of aromatic nitrogens is 2. The number of amides is 2. The third kappa shape index (κ3) is 4.16. The van der Waals surface area contributed by atoms with Crippen LogP contribution in [0.15, 0.2) is 30.6 Å². The van der Waals surface area contributed by atoms with E-state index in [1.54, 1.807) is 25.4 Å². The van der Waals surface area contributed by atoms with E-state index in [-0.39, 0.29) is 23.8 Å². The Morgan fingerprint density at radius 3 is 2.72 bits per heavy atom. The standard InChI is InChI=1S/C21H26ClN5O2/c1-14(26-18(28)12-15-2-4-16(22)5-3-15)20(29)27-10-7-21(8-11-27)19-17(6-9-25-21)23-13-24-19/h2-5,13-14,25H,6-12H2,1H3,(H,23,24)(H,26,28)/t14-/m1/s1. The van der Waals surface area contributed by atoms with Crippen molar-refractivity contribution in [2.75, 3.05) is 19.6 Å². The highest BCUT2D eigenvalue weighted by Crippen LogP contribution is 2.35. The van der Waals surface area contributed by atoms with Crippen LogP contribution >= 0.6 is 11.6 Å². The van der Waals surface area contributed by atoms with E-state index in [1.807, 2.05) is 17.0 Å². The van der Waals surface area contributed by atoms with Gasteiger partial charge >= 0.3 is 0 Å². The number of carbonyl (C=O) groups excluding carboxylic acids is 2. The van der Waals surface area contributed by atoms with Gasteiger partial charge in [-0.2, -0.15) is 0 Å². The van der Waals surface area contributed by atoms with Crippen molar-refractivity contribution in [1.29, 1.82) is 0 Å². The minimum absolute atomic E-state index is 0.0395. The molecule has 3 N–H and O–H groups in total. The van der Waals surface area contributed by atoms with Gasteiger partial charge in [-0.05, 0) is 37.5 Å². The van der Waals surface area contributed by atoms with Gasteiger partial charge in [-0.1, -0.05) is 23.7 Å². The van der Waals surface area contributed by atoms with Gasteiger partial charge in [0, 0.05) is 36.8 Å². The summed E-state index contributed by atoms with van der Waals surface area (Å²) in [5.74, 6) is -0.209. The number of nitrogens with zero attached hydrogens (tertiary/aromatic N) is 2. The van der Waals surface area contributed by atoms with Crippen LogP contribution in [0.3, 0.4) is 0 Å². The molecule has 4 rings (SSSR count). The molecule has 0 unspecified atom stereocenters. The van der Waals surface area contributed by atoms with Crippen molar-refractivity contribution >= 4 is 23.4 Å². The summed E-state index contributed by atoms with van der Waals surface area (Å²) < 4.78 is 0. The summed E-state index contributed by atoms with van der Waals surface area (Å²) in [7, 11) is 0. The number of nitrogens with one attached hydrogen (secondary N) is 3. The SMILES string of the molecule is C[C@@H](NC(=O)Cc1ccc(Cl)cc1)C(=O)N1CCC2(CC1)NCCc1[nH]cnc12. The van der Waals surface area contributed by atoms with Crippen LogP contribution in [0.4, 0.5) is 0 Å². The number of imidazole rings is 1. The Balaban J connectivity index is 1.31. The lowest BCUT2D eigenvalue weighted by atomic mass is 9.80. The molecule has 1 saturated heterocycles. The molecule has 0 radical (unpaired) electrons. The molecule has 2 aliphatic heterocycles. The van der Waals surface area contributed by atoms with E-state index < -0.39 is 6.04 Å². The monoisotopic (exact) mass is 415 g/mol. The summed E-state index contributed by atoms with van der Waals surface area (Å²) in [4.78, 5) is 34.8. The number of H-pyrrole nitrogens is 1. The molecule has 1 spiro atoms. The number of piperidine rings is 1. The highest BCUT2D eigenvalue weighted by atomic mass is 35.5. The van der Waals surface area contributed by atoms with Gasteiger partial charge in [-0.25, -0.2) is 4.98 Å². The summed E-state index contributed by atoms with van der Waals surface area (Å²) in [6.45, 7) is 3.96. The fourth-order valence-corrected chi connectivity index (χ4v) is 4.50. The Morgan fingerprint density at radius 1 is 1.28 bits per heavy atom. The lowest BCUT2D eigenvalue weighted by Crippen LogP contribution is -2.57. The highest BCUT2D eigenvalue weighted by molar-refractivity contribution is 6.30. The molecule has 1 aromatic heterocycles. The Bertz CT molecular complexity index is 887.